The summed E-state index contributed by atoms with van der Waals surface area (Å²) in [6.45, 7) is 5.31. The molecule has 0 radical (unpaired) electrons. The fourth-order valence-electron chi connectivity index (χ4n) is 1.36. The Morgan fingerprint density at radius 2 is 2.24 bits per heavy atom. The summed E-state index contributed by atoms with van der Waals surface area (Å²) in [7, 11) is 0. The van der Waals surface area contributed by atoms with Crippen molar-refractivity contribution in [3.05, 3.63) is 28.8 Å². The maximum Gasteiger partial charge on any atom is 0.106 e. The van der Waals surface area contributed by atoms with Gasteiger partial charge in [-0.05, 0) is 32.0 Å². The Hall–Kier alpha value is -0.840. The van der Waals surface area contributed by atoms with Gasteiger partial charge in [0.05, 0.1) is 12.7 Å². The summed E-state index contributed by atoms with van der Waals surface area (Å²) in [5.74, 6) is 0. The molecule has 0 aliphatic heterocycles. The normalized spacial score (nSPS) is 10.6. The van der Waals surface area contributed by atoms with Crippen LogP contribution in [-0.4, -0.2) is 24.2 Å². The van der Waals surface area contributed by atoms with Crippen molar-refractivity contribution in [2.24, 2.45) is 5.73 Å². The number of ether oxygens (including phenoxy) is 1. The molecular weight excluding hydrogens is 256 g/mol. The van der Waals surface area contributed by atoms with Crippen molar-refractivity contribution in [3.63, 3.8) is 0 Å². The molecule has 0 fully saturated rings. The van der Waals surface area contributed by atoms with Gasteiger partial charge < -0.3 is 15.8 Å². The Balaban J connectivity index is 2.62. The molecule has 3 N–H and O–H groups in total. The number of nitrogens with two attached hydrogens (primary N) is 1. The monoisotopic (exact) mass is 272 g/mol. The van der Waals surface area contributed by atoms with E-state index in [0.717, 1.165) is 11.3 Å². The molecule has 3 nitrogen and oxygen atoms in total. The maximum absolute atomic E-state index is 5.93. The smallest absolute Gasteiger partial charge is 0.106 e. The molecule has 0 saturated heterocycles. The van der Waals surface area contributed by atoms with Gasteiger partial charge in [-0.15, -0.1) is 0 Å². The molecule has 0 aliphatic carbocycles. The first kappa shape index (κ1) is 14.2. The predicted octanol–water partition coefficient (Wildman–Crippen LogP) is 2.81. The number of hydrogen-bond acceptors (Lipinski definition) is 3. The lowest BCUT2D eigenvalue weighted by Gasteiger charge is -2.13. The predicted molar refractivity (Wildman–Crippen MR) is 76.9 cm³/mol. The van der Waals surface area contributed by atoms with E-state index >= 15 is 0 Å². The van der Waals surface area contributed by atoms with Gasteiger partial charge in [0, 0.05) is 22.8 Å². The van der Waals surface area contributed by atoms with Crippen LogP contribution in [0, 0.1) is 0 Å². The Morgan fingerprint density at radius 1 is 1.53 bits per heavy atom. The number of anilines is 1. The third-order valence-corrected chi connectivity index (χ3v) is 2.57. The van der Waals surface area contributed by atoms with Crippen LogP contribution in [0.15, 0.2) is 18.2 Å². The Bertz CT molecular complexity index is 396. The lowest BCUT2D eigenvalue weighted by Crippen LogP contribution is -2.17. The van der Waals surface area contributed by atoms with Gasteiger partial charge >= 0.3 is 0 Å². The van der Waals surface area contributed by atoms with Crippen molar-refractivity contribution in [2.45, 2.75) is 20.0 Å². The molecule has 1 rings (SSSR count). The molecule has 0 bridgehead atoms. The van der Waals surface area contributed by atoms with E-state index in [4.69, 9.17) is 34.3 Å². The van der Waals surface area contributed by atoms with E-state index in [0.29, 0.717) is 23.2 Å². The van der Waals surface area contributed by atoms with Crippen LogP contribution in [0.4, 0.5) is 5.69 Å². The number of benzene rings is 1. The summed E-state index contributed by atoms with van der Waals surface area (Å²) in [6.07, 6.45) is 0.228. The minimum atomic E-state index is 0.228. The summed E-state index contributed by atoms with van der Waals surface area (Å²) in [4.78, 5) is 0.356. The molecule has 0 amide bonds. The maximum atomic E-state index is 5.93. The molecule has 0 aromatic heterocycles. The van der Waals surface area contributed by atoms with Crippen LogP contribution < -0.4 is 11.1 Å². The lowest BCUT2D eigenvalue weighted by molar-refractivity contribution is 0.0870. The van der Waals surface area contributed by atoms with E-state index < -0.39 is 0 Å². The molecule has 0 atom stereocenters. The standard InChI is InChI=1S/C12H17ClN2OS/c1-8(2)16-6-5-15-11-7-9(13)3-4-10(11)12(14)17/h3-4,7-8,15H,5-6H2,1-2H3,(H2,14,17). The average molecular weight is 273 g/mol. The average Bonchev–Trinajstić information content (AvgIpc) is 2.23. The Morgan fingerprint density at radius 3 is 2.82 bits per heavy atom. The highest BCUT2D eigenvalue weighted by Gasteiger charge is 2.05. The van der Waals surface area contributed by atoms with Crippen molar-refractivity contribution < 1.29 is 4.74 Å². The second-order valence-electron chi connectivity index (χ2n) is 3.90. The molecule has 0 spiro atoms. The highest BCUT2D eigenvalue weighted by molar-refractivity contribution is 7.80. The topological polar surface area (TPSA) is 47.3 Å². The van der Waals surface area contributed by atoms with Crippen LogP contribution in [0.2, 0.25) is 5.02 Å². The van der Waals surface area contributed by atoms with Crippen molar-refractivity contribution in [3.8, 4) is 0 Å². The van der Waals surface area contributed by atoms with Gasteiger partial charge in [0.25, 0.3) is 0 Å². The van der Waals surface area contributed by atoms with Crippen molar-refractivity contribution >= 4 is 34.5 Å². The van der Waals surface area contributed by atoms with E-state index in [9.17, 15) is 0 Å². The third-order valence-electron chi connectivity index (χ3n) is 2.12. The first-order valence-corrected chi connectivity index (χ1v) is 6.24. The second-order valence-corrected chi connectivity index (χ2v) is 4.78. The zero-order chi connectivity index (χ0) is 12.8. The van der Waals surface area contributed by atoms with Crippen LogP contribution >= 0.6 is 23.8 Å². The van der Waals surface area contributed by atoms with Crippen molar-refractivity contribution in [2.75, 3.05) is 18.5 Å². The number of thiocarbonyl (C=S) groups is 1. The molecule has 0 saturated carbocycles. The quantitative estimate of drug-likeness (QED) is 0.618. The number of rotatable bonds is 6. The van der Waals surface area contributed by atoms with Crippen LogP contribution in [-0.2, 0) is 4.74 Å². The van der Waals surface area contributed by atoms with Gasteiger partial charge in [-0.1, -0.05) is 23.8 Å². The number of hydrogen-bond donors (Lipinski definition) is 2. The minimum Gasteiger partial charge on any atom is -0.389 e. The second kappa shape index (κ2) is 6.79. The van der Waals surface area contributed by atoms with Gasteiger partial charge in [-0.25, -0.2) is 0 Å². The molecule has 5 heteroatoms. The first-order valence-electron chi connectivity index (χ1n) is 5.45. The fourth-order valence-corrected chi connectivity index (χ4v) is 1.71. The molecule has 0 heterocycles. The van der Waals surface area contributed by atoms with E-state index in [-0.39, 0.29) is 6.10 Å². The molecule has 94 valence electrons. The largest absolute Gasteiger partial charge is 0.389 e. The van der Waals surface area contributed by atoms with Gasteiger partial charge in [-0.2, -0.15) is 0 Å². The van der Waals surface area contributed by atoms with Crippen LogP contribution in [0.25, 0.3) is 0 Å². The minimum absolute atomic E-state index is 0.228. The zero-order valence-electron chi connectivity index (χ0n) is 10.00. The SMILES string of the molecule is CC(C)OCCNc1cc(Cl)ccc1C(N)=S. The fraction of sp³-hybridized carbons (Fsp3) is 0.417. The van der Waals surface area contributed by atoms with Crippen LogP contribution in [0.3, 0.4) is 0 Å². The van der Waals surface area contributed by atoms with Gasteiger partial charge in [-0.3, -0.25) is 0 Å². The summed E-state index contributed by atoms with van der Waals surface area (Å²) in [6, 6.07) is 5.40. The molecule has 0 aliphatic rings. The molecule has 0 unspecified atom stereocenters. The number of nitrogens with one attached hydrogen (secondary N) is 1. The first-order chi connectivity index (χ1) is 8.00. The van der Waals surface area contributed by atoms with Gasteiger partial charge in [0.1, 0.15) is 4.99 Å². The zero-order valence-corrected chi connectivity index (χ0v) is 11.6. The van der Waals surface area contributed by atoms with Crippen LogP contribution in [0.1, 0.15) is 19.4 Å². The summed E-state index contributed by atoms with van der Waals surface area (Å²) in [5.41, 5.74) is 7.28. The third kappa shape index (κ3) is 4.89. The van der Waals surface area contributed by atoms with Crippen molar-refractivity contribution in [1.29, 1.82) is 0 Å². The molecular formula is C12H17ClN2OS. The van der Waals surface area contributed by atoms with E-state index in [1.54, 1.807) is 6.07 Å². The van der Waals surface area contributed by atoms with Gasteiger partial charge in [0.2, 0.25) is 0 Å². The van der Waals surface area contributed by atoms with E-state index in [1.807, 2.05) is 26.0 Å². The van der Waals surface area contributed by atoms with E-state index in [2.05, 4.69) is 5.32 Å². The van der Waals surface area contributed by atoms with Gasteiger partial charge in [0.15, 0.2) is 0 Å². The molecule has 1 aromatic carbocycles. The summed E-state index contributed by atoms with van der Waals surface area (Å²) >= 11 is 10.9. The highest BCUT2D eigenvalue weighted by Crippen LogP contribution is 2.20. The Labute approximate surface area is 112 Å². The Kier molecular flexibility index (Phi) is 5.68. The summed E-state index contributed by atoms with van der Waals surface area (Å²) in [5, 5.41) is 3.86. The van der Waals surface area contributed by atoms with E-state index in [1.165, 1.54) is 0 Å². The lowest BCUT2D eigenvalue weighted by atomic mass is 10.2. The van der Waals surface area contributed by atoms with Crippen molar-refractivity contribution in [1.82, 2.24) is 0 Å². The number of halogens is 1. The molecule has 1 aromatic rings. The van der Waals surface area contributed by atoms with Crippen LogP contribution in [0.5, 0.6) is 0 Å². The highest BCUT2D eigenvalue weighted by atomic mass is 35.5. The molecule has 17 heavy (non-hydrogen) atoms. The summed E-state index contributed by atoms with van der Waals surface area (Å²) < 4.78 is 5.43.